The van der Waals surface area contributed by atoms with Crippen molar-refractivity contribution in [2.45, 2.75) is 20.8 Å². The number of aromatic amines is 1. The highest BCUT2D eigenvalue weighted by Gasteiger charge is 2.13. The van der Waals surface area contributed by atoms with Gasteiger partial charge in [0.1, 0.15) is 0 Å². The maximum absolute atomic E-state index is 5.88. The van der Waals surface area contributed by atoms with Gasteiger partial charge in [0.15, 0.2) is 17.3 Å². The van der Waals surface area contributed by atoms with E-state index in [1.165, 1.54) is 0 Å². The molecule has 1 aromatic carbocycles. The second-order valence-corrected chi connectivity index (χ2v) is 4.14. The van der Waals surface area contributed by atoms with Crippen molar-refractivity contribution in [2.24, 2.45) is 0 Å². The molecule has 1 aromatic heterocycles. The van der Waals surface area contributed by atoms with Crippen molar-refractivity contribution in [2.75, 3.05) is 18.9 Å². The molecule has 0 aliphatic rings. The summed E-state index contributed by atoms with van der Waals surface area (Å²) in [4.78, 5) is 0. The number of nitrogens with one attached hydrogen (secondary N) is 1. The van der Waals surface area contributed by atoms with E-state index in [1.54, 1.807) is 0 Å². The van der Waals surface area contributed by atoms with Crippen LogP contribution in [-0.2, 0) is 0 Å². The monoisotopic (exact) mass is 297 g/mol. The molecule has 6 heteroatoms. The van der Waals surface area contributed by atoms with Gasteiger partial charge in [0.05, 0.1) is 13.2 Å². The van der Waals surface area contributed by atoms with E-state index in [0.29, 0.717) is 19.0 Å². The summed E-state index contributed by atoms with van der Waals surface area (Å²) in [6.45, 7) is 7.02. The van der Waals surface area contributed by atoms with Crippen LogP contribution >= 0.6 is 12.4 Å². The van der Waals surface area contributed by atoms with Crippen molar-refractivity contribution in [1.82, 2.24) is 10.2 Å². The summed E-state index contributed by atoms with van der Waals surface area (Å²) in [5, 5.41) is 6.89. The number of rotatable bonds is 5. The van der Waals surface area contributed by atoms with Crippen molar-refractivity contribution in [3.63, 3.8) is 0 Å². The van der Waals surface area contributed by atoms with Crippen LogP contribution in [0.2, 0.25) is 0 Å². The number of H-pyrrole nitrogens is 1. The minimum atomic E-state index is 0. The Morgan fingerprint density at radius 3 is 2.35 bits per heavy atom. The standard InChI is InChI=1S/C14H19N3O2.ClH/c1-4-18-11-7-6-10(8-12(11)19-5-2)13-9(3)16-17-14(13)15;/h6-8H,4-5H2,1-3H3,(H3,15,16,17);1H. The third-order valence-electron chi connectivity index (χ3n) is 2.81. The lowest BCUT2D eigenvalue weighted by Gasteiger charge is -2.12. The molecule has 0 spiro atoms. The first-order valence-electron chi connectivity index (χ1n) is 6.37. The van der Waals surface area contributed by atoms with E-state index in [4.69, 9.17) is 15.2 Å². The Bertz CT molecular complexity index is 550. The van der Waals surface area contributed by atoms with Gasteiger partial charge in [0.2, 0.25) is 0 Å². The first kappa shape index (κ1) is 16.2. The second-order valence-electron chi connectivity index (χ2n) is 4.14. The van der Waals surface area contributed by atoms with Crippen LogP contribution in [0.5, 0.6) is 11.5 Å². The third-order valence-corrected chi connectivity index (χ3v) is 2.81. The van der Waals surface area contributed by atoms with Crippen LogP contribution < -0.4 is 15.2 Å². The molecule has 0 amide bonds. The molecule has 1 heterocycles. The van der Waals surface area contributed by atoms with E-state index in [9.17, 15) is 0 Å². The fourth-order valence-corrected chi connectivity index (χ4v) is 2.02. The normalized spacial score (nSPS) is 9.95. The number of aryl methyl sites for hydroxylation is 1. The zero-order valence-corrected chi connectivity index (χ0v) is 12.7. The third kappa shape index (κ3) is 3.17. The van der Waals surface area contributed by atoms with Gasteiger partial charge in [-0.15, -0.1) is 12.4 Å². The zero-order valence-electron chi connectivity index (χ0n) is 11.9. The topological polar surface area (TPSA) is 73.2 Å². The Labute approximate surface area is 124 Å². The molecule has 20 heavy (non-hydrogen) atoms. The fraction of sp³-hybridized carbons (Fsp3) is 0.357. The lowest BCUT2D eigenvalue weighted by atomic mass is 10.1. The number of nitrogens with two attached hydrogens (primary N) is 1. The molecule has 0 saturated carbocycles. The van der Waals surface area contributed by atoms with Gasteiger partial charge in [-0.25, -0.2) is 0 Å². The number of nitrogens with zero attached hydrogens (tertiary/aromatic N) is 1. The first-order chi connectivity index (χ1) is 9.17. The van der Waals surface area contributed by atoms with Gasteiger partial charge >= 0.3 is 0 Å². The maximum Gasteiger partial charge on any atom is 0.161 e. The van der Waals surface area contributed by atoms with Crippen LogP contribution in [0.4, 0.5) is 5.82 Å². The molecule has 3 N–H and O–H groups in total. The second kappa shape index (κ2) is 7.05. The molecular formula is C14H20ClN3O2. The van der Waals surface area contributed by atoms with E-state index in [1.807, 2.05) is 39.0 Å². The molecule has 110 valence electrons. The summed E-state index contributed by atoms with van der Waals surface area (Å²) in [6.07, 6.45) is 0. The summed E-state index contributed by atoms with van der Waals surface area (Å²) in [5.74, 6) is 1.96. The first-order valence-corrected chi connectivity index (χ1v) is 6.37. The molecule has 2 aromatic rings. The smallest absolute Gasteiger partial charge is 0.161 e. The summed E-state index contributed by atoms with van der Waals surface area (Å²) in [5.41, 5.74) is 8.69. The van der Waals surface area contributed by atoms with Crippen molar-refractivity contribution < 1.29 is 9.47 Å². The molecule has 0 aliphatic heterocycles. The Hall–Kier alpha value is -1.88. The molecule has 0 radical (unpaired) electrons. The van der Waals surface area contributed by atoms with E-state index in [-0.39, 0.29) is 12.4 Å². The molecule has 0 bridgehead atoms. The highest BCUT2D eigenvalue weighted by molar-refractivity contribution is 5.85. The van der Waals surface area contributed by atoms with Crippen molar-refractivity contribution in [3.05, 3.63) is 23.9 Å². The number of nitrogen functional groups attached to an aromatic ring is 1. The van der Waals surface area contributed by atoms with Crippen molar-refractivity contribution in [1.29, 1.82) is 0 Å². The van der Waals surface area contributed by atoms with E-state index < -0.39 is 0 Å². The Balaban J connectivity index is 0.00000200. The molecule has 5 nitrogen and oxygen atoms in total. The Kier molecular flexibility index (Phi) is 5.70. The van der Waals surface area contributed by atoms with Gasteiger partial charge in [-0.3, -0.25) is 5.10 Å². The van der Waals surface area contributed by atoms with Crippen LogP contribution in [0.1, 0.15) is 19.5 Å². The SMILES string of the molecule is CCOc1ccc(-c2c(N)n[nH]c2C)cc1OCC.Cl. The van der Waals surface area contributed by atoms with Gasteiger partial charge in [-0.2, -0.15) is 5.10 Å². The molecule has 0 unspecified atom stereocenters. The molecule has 0 fully saturated rings. The van der Waals surface area contributed by atoms with Crippen LogP contribution in [0, 0.1) is 6.92 Å². The van der Waals surface area contributed by atoms with Crippen LogP contribution in [0.25, 0.3) is 11.1 Å². The number of aromatic nitrogens is 2. The van der Waals surface area contributed by atoms with Crippen molar-refractivity contribution in [3.8, 4) is 22.6 Å². The largest absolute Gasteiger partial charge is 0.490 e. The summed E-state index contributed by atoms with van der Waals surface area (Å²) >= 11 is 0. The highest BCUT2D eigenvalue weighted by atomic mass is 35.5. The number of hydrogen-bond acceptors (Lipinski definition) is 4. The molecule has 2 rings (SSSR count). The summed E-state index contributed by atoms with van der Waals surface area (Å²) < 4.78 is 11.2. The van der Waals surface area contributed by atoms with E-state index >= 15 is 0 Å². The average Bonchev–Trinajstić information content (AvgIpc) is 2.72. The predicted molar refractivity (Wildman–Crippen MR) is 82.8 cm³/mol. The van der Waals surface area contributed by atoms with Gasteiger partial charge in [-0.1, -0.05) is 6.07 Å². The zero-order chi connectivity index (χ0) is 13.8. The Morgan fingerprint density at radius 2 is 1.80 bits per heavy atom. The average molecular weight is 298 g/mol. The fourth-order valence-electron chi connectivity index (χ4n) is 2.02. The summed E-state index contributed by atoms with van der Waals surface area (Å²) in [7, 11) is 0. The number of ether oxygens (including phenoxy) is 2. The van der Waals surface area contributed by atoms with E-state index in [0.717, 1.165) is 28.3 Å². The van der Waals surface area contributed by atoms with Gasteiger partial charge < -0.3 is 15.2 Å². The van der Waals surface area contributed by atoms with Crippen LogP contribution in [-0.4, -0.2) is 23.4 Å². The van der Waals surface area contributed by atoms with Gasteiger partial charge in [0.25, 0.3) is 0 Å². The van der Waals surface area contributed by atoms with E-state index in [2.05, 4.69) is 10.2 Å². The number of hydrogen-bond donors (Lipinski definition) is 2. The van der Waals surface area contributed by atoms with Crippen LogP contribution in [0.3, 0.4) is 0 Å². The highest BCUT2D eigenvalue weighted by Crippen LogP contribution is 2.35. The van der Waals surface area contributed by atoms with Crippen LogP contribution in [0.15, 0.2) is 18.2 Å². The maximum atomic E-state index is 5.88. The van der Waals surface area contributed by atoms with Gasteiger partial charge in [-0.05, 0) is 38.5 Å². The number of anilines is 1. The quantitative estimate of drug-likeness (QED) is 0.889. The minimum absolute atomic E-state index is 0. The summed E-state index contributed by atoms with van der Waals surface area (Å²) in [6, 6.07) is 5.79. The number of benzene rings is 1. The molecule has 0 saturated heterocycles. The Morgan fingerprint density at radius 1 is 1.15 bits per heavy atom. The van der Waals surface area contributed by atoms with Gasteiger partial charge in [0, 0.05) is 11.3 Å². The predicted octanol–water partition coefficient (Wildman–Crippen LogP) is 3.19. The molecule has 0 atom stereocenters. The minimum Gasteiger partial charge on any atom is -0.490 e. The lowest BCUT2D eigenvalue weighted by molar-refractivity contribution is 0.288. The lowest BCUT2D eigenvalue weighted by Crippen LogP contribution is -1.99. The molecular weight excluding hydrogens is 278 g/mol. The molecule has 0 aliphatic carbocycles. The number of halogens is 1. The van der Waals surface area contributed by atoms with Crippen molar-refractivity contribution >= 4 is 18.2 Å².